The molecular formula is C14H27NO3Si. The second kappa shape index (κ2) is 5.38. The van der Waals surface area contributed by atoms with E-state index in [0.717, 1.165) is 0 Å². The Morgan fingerprint density at radius 2 is 2.00 bits per heavy atom. The summed E-state index contributed by atoms with van der Waals surface area (Å²) >= 11 is 0. The number of β-lactam (4-membered cyclic amide) rings is 1. The summed E-state index contributed by atoms with van der Waals surface area (Å²) in [6.45, 7) is 14.2. The van der Waals surface area contributed by atoms with E-state index in [1.165, 1.54) is 0 Å². The Morgan fingerprint density at radius 3 is 2.37 bits per heavy atom. The zero-order valence-electron chi connectivity index (χ0n) is 12.7. The van der Waals surface area contributed by atoms with E-state index < -0.39 is 20.3 Å². The third kappa shape index (κ3) is 2.64. The van der Waals surface area contributed by atoms with Gasteiger partial charge in [-0.25, -0.2) is 0 Å². The number of aliphatic hydroxyl groups is 2. The van der Waals surface area contributed by atoms with Crippen LogP contribution in [0.2, 0.25) is 18.1 Å². The van der Waals surface area contributed by atoms with Gasteiger partial charge >= 0.3 is 0 Å². The van der Waals surface area contributed by atoms with Gasteiger partial charge in [-0.2, -0.15) is 0 Å². The Labute approximate surface area is 117 Å². The van der Waals surface area contributed by atoms with Crippen LogP contribution in [0.1, 0.15) is 27.2 Å². The molecule has 0 spiro atoms. The minimum absolute atomic E-state index is 0.0139. The monoisotopic (exact) mass is 285 g/mol. The molecule has 3 unspecified atom stereocenters. The van der Waals surface area contributed by atoms with Gasteiger partial charge in [0.05, 0.1) is 18.6 Å². The molecule has 2 N–H and O–H groups in total. The standard InChI is InChI=1S/C14H27NO3Si/c1-7-8-10-12(11(17)9-16)13(18)15(10)19(5,6)14(2,3)4/h7,10-12,16-17H,1,8-9H2,2-6H3. The Kier molecular flexibility index (Phi) is 4.65. The molecule has 0 aliphatic carbocycles. The van der Waals surface area contributed by atoms with Crippen molar-refractivity contribution >= 4 is 14.1 Å². The first-order valence-corrected chi connectivity index (χ1v) is 9.77. The molecule has 3 atom stereocenters. The number of hydrogen-bond acceptors (Lipinski definition) is 3. The van der Waals surface area contributed by atoms with E-state index >= 15 is 0 Å². The van der Waals surface area contributed by atoms with Gasteiger partial charge in [-0.1, -0.05) is 39.9 Å². The van der Waals surface area contributed by atoms with Gasteiger partial charge in [-0.3, -0.25) is 4.79 Å². The second-order valence-electron chi connectivity index (χ2n) is 6.88. The van der Waals surface area contributed by atoms with Crippen molar-refractivity contribution in [3.63, 3.8) is 0 Å². The highest BCUT2D eigenvalue weighted by molar-refractivity contribution is 6.80. The van der Waals surface area contributed by atoms with Crippen LogP contribution in [0.3, 0.4) is 0 Å². The van der Waals surface area contributed by atoms with Crippen LogP contribution in [0.25, 0.3) is 0 Å². The summed E-state index contributed by atoms with van der Waals surface area (Å²) in [4.78, 5) is 12.4. The SMILES string of the molecule is C=CCC1C(C(O)CO)C(=O)N1[Si](C)(C)C(C)(C)C. The molecule has 0 aromatic rings. The molecule has 0 aromatic carbocycles. The van der Waals surface area contributed by atoms with Crippen LogP contribution in [0.15, 0.2) is 12.7 Å². The Hall–Kier alpha value is -0.653. The highest BCUT2D eigenvalue weighted by Crippen LogP contribution is 2.46. The number of nitrogens with zero attached hydrogens (tertiary/aromatic N) is 1. The number of amides is 1. The summed E-state index contributed by atoms with van der Waals surface area (Å²) in [5, 5.41) is 19.0. The van der Waals surface area contributed by atoms with Crippen molar-refractivity contribution < 1.29 is 15.0 Å². The highest BCUT2D eigenvalue weighted by atomic mass is 28.3. The predicted octanol–water partition coefficient (Wildman–Crippen LogP) is 1.75. The van der Waals surface area contributed by atoms with Crippen molar-refractivity contribution in [3.05, 3.63) is 12.7 Å². The third-order valence-electron chi connectivity index (χ3n) is 4.72. The second-order valence-corrected chi connectivity index (χ2v) is 12.0. The molecular weight excluding hydrogens is 258 g/mol. The van der Waals surface area contributed by atoms with Crippen molar-refractivity contribution in [2.24, 2.45) is 5.92 Å². The molecule has 1 amide bonds. The molecule has 1 aliphatic heterocycles. The fourth-order valence-electron chi connectivity index (χ4n) is 2.58. The van der Waals surface area contributed by atoms with Crippen LogP contribution in [0.5, 0.6) is 0 Å². The van der Waals surface area contributed by atoms with E-state index in [4.69, 9.17) is 5.11 Å². The van der Waals surface area contributed by atoms with Crippen molar-refractivity contribution in [1.82, 2.24) is 4.57 Å². The Balaban J connectivity index is 3.03. The van der Waals surface area contributed by atoms with E-state index in [-0.39, 0.29) is 23.6 Å². The van der Waals surface area contributed by atoms with Crippen LogP contribution in [0.4, 0.5) is 0 Å². The minimum Gasteiger partial charge on any atom is -0.394 e. The molecule has 5 heteroatoms. The molecule has 1 rings (SSSR count). The van der Waals surface area contributed by atoms with Crippen LogP contribution in [-0.4, -0.2) is 47.7 Å². The highest BCUT2D eigenvalue weighted by Gasteiger charge is 2.58. The number of carbonyl (C=O) groups excluding carboxylic acids is 1. The maximum atomic E-state index is 12.4. The van der Waals surface area contributed by atoms with E-state index in [0.29, 0.717) is 6.42 Å². The average Bonchev–Trinajstić information content (AvgIpc) is 2.26. The summed E-state index contributed by atoms with van der Waals surface area (Å²) in [5.41, 5.74) is 0. The normalized spacial score (nSPS) is 26.1. The number of carbonyl (C=O) groups is 1. The van der Waals surface area contributed by atoms with E-state index in [2.05, 4.69) is 40.4 Å². The molecule has 19 heavy (non-hydrogen) atoms. The first-order valence-electron chi connectivity index (χ1n) is 6.82. The lowest BCUT2D eigenvalue weighted by Crippen LogP contribution is -2.74. The van der Waals surface area contributed by atoms with Crippen LogP contribution in [0, 0.1) is 5.92 Å². The quantitative estimate of drug-likeness (QED) is 0.459. The maximum absolute atomic E-state index is 12.4. The molecule has 110 valence electrons. The molecule has 0 saturated carbocycles. The molecule has 1 aliphatic rings. The Morgan fingerprint density at radius 1 is 1.47 bits per heavy atom. The van der Waals surface area contributed by atoms with E-state index in [9.17, 15) is 9.90 Å². The number of rotatable bonds is 5. The molecule has 1 heterocycles. The molecule has 1 saturated heterocycles. The fraction of sp³-hybridized carbons (Fsp3) is 0.786. The van der Waals surface area contributed by atoms with Gasteiger partial charge in [-0.15, -0.1) is 6.58 Å². The van der Waals surface area contributed by atoms with Gasteiger partial charge < -0.3 is 14.8 Å². The summed E-state index contributed by atoms with van der Waals surface area (Å²) in [7, 11) is -1.94. The van der Waals surface area contributed by atoms with Crippen LogP contribution < -0.4 is 0 Å². The van der Waals surface area contributed by atoms with Crippen LogP contribution in [-0.2, 0) is 4.79 Å². The van der Waals surface area contributed by atoms with Crippen molar-refractivity contribution in [1.29, 1.82) is 0 Å². The van der Waals surface area contributed by atoms with Crippen LogP contribution >= 0.6 is 0 Å². The zero-order chi connectivity index (χ0) is 15.0. The fourth-order valence-corrected chi connectivity index (χ4v) is 5.09. The smallest absolute Gasteiger partial charge is 0.222 e. The molecule has 0 aromatic heterocycles. The number of hydrogen-bond donors (Lipinski definition) is 2. The summed E-state index contributed by atoms with van der Waals surface area (Å²) in [5.74, 6) is -0.489. The van der Waals surface area contributed by atoms with E-state index in [1.54, 1.807) is 6.08 Å². The van der Waals surface area contributed by atoms with Crippen molar-refractivity contribution in [3.8, 4) is 0 Å². The van der Waals surface area contributed by atoms with Gasteiger partial charge in [0, 0.05) is 6.04 Å². The number of aliphatic hydroxyl groups excluding tert-OH is 2. The summed E-state index contributed by atoms with van der Waals surface area (Å²) < 4.78 is 1.98. The van der Waals surface area contributed by atoms with Gasteiger partial charge in [0.2, 0.25) is 5.91 Å². The summed E-state index contributed by atoms with van der Waals surface area (Å²) in [6, 6.07) is -0.0203. The zero-order valence-corrected chi connectivity index (χ0v) is 13.7. The third-order valence-corrected chi connectivity index (χ3v) is 10.1. The topological polar surface area (TPSA) is 60.8 Å². The first kappa shape index (κ1) is 16.4. The molecule has 0 radical (unpaired) electrons. The first-order chi connectivity index (χ1) is 8.59. The van der Waals surface area contributed by atoms with Crippen molar-refractivity contribution in [2.45, 2.75) is 57.5 Å². The average molecular weight is 285 g/mol. The molecule has 1 fully saturated rings. The van der Waals surface area contributed by atoms with Gasteiger partial charge in [-0.05, 0) is 11.5 Å². The molecule has 4 nitrogen and oxygen atoms in total. The van der Waals surface area contributed by atoms with Crippen molar-refractivity contribution in [2.75, 3.05) is 6.61 Å². The van der Waals surface area contributed by atoms with Gasteiger partial charge in [0.1, 0.15) is 0 Å². The van der Waals surface area contributed by atoms with E-state index in [1.807, 2.05) is 4.57 Å². The molecule has 0 bridgehead atoms. The lowest BCUT2D eigenvalue weighted by molar-refractivity contribution is -0.157. The summed E-state index contributed by atoms with van der Waals surface area (Å²) in [6.07, 6.45) is 1.49. The Bertz CT molecular complexity index is 362. The lowest BCUT2D eigenvalue weighted by atomic mass is 9.83. The largest absolute Gasteiger partial charge is 0.394 e. The minimum atomic E-state index is -1.94. The van der Waals surface area contributed by atoms with Gasteiger partial charge in [0.15, 0.2) is 8.24 Å². The predicted molar refractivity (Wildman–Crippen MR) is 79.2 cm³/mol. The lowest BCUT2D eigenvalue weighted by Gasteiger charge is -2.59. The maximum Gasteiger partial charge on any atom is 0.222 e. The van der Waals surface area contributed by atoms with Gasteiger partial charge in [0.25, 0.3) is 0 Å².